The van der Waals surface area contributed by atoms with E-state index in [2.05, 4.69) is 24.9 Å². The molecule has 4 aromatic heterocycles. The average molecular weight is 673 g/mol. The molecule has 0 aromatic carbocycles. The summed E-state index contributed by atoms with van der Waals surface area (Å²) in [5.41, 5.74) is 11.2. The molecule has 3 aliphatic heterocycles. The Morgan fingerprint density at radius 1 is 0.889 bits per heavy atom. The van der Waals surface area contributed by atoms with E-state index in [0.29, 0.717) is 0 Å². The number of aliphatic hydroxyl groups excluding tert-OH is 2. The van der Waals surface area contributed by atoms with E-state index in [9.17, 15) is 33.9 Å². The van der Waals surface area contributed by atoms with Gasteiger partial charge in [0.2, 0.25) is 5.95 Å². The molecule has 7 rings (SSSR count). The zero-order chi connectivity index (χ0) is 31.8. The number of aromatic nitrogens is 7. The van der Waals surface area contributed by atoms with Gasteiger partial charge in [-0.15, -0.1) is 0 Å². The molecule has 3 saturated heterocycles. The number of nitrogens with two attached hydrogens (primary N) is 2. The van der Waals surface area contributed by atoms with E-state index in [1.54, 1.807) is 0 Å². The largest absolute Gasteiger partial charge is 0.472 e. The van der Waals surface area contributed by atoms with E-state index < -0.39 is 83.5 Å². The number of phosphoric ester groups is 2. The molecule has 0 amide bonds. The van der Waals surface area contributed by atoms with Gasteiger partial charge in [0, 0.05) is 6.20 Å². The van der Waals surface area contributed by atoms with Gasteiger partial charge in [0.05, 0.1) is 24.9 Å². The number of rotatable bonds is 2. The Morgan fingerprint density at radius 2 is 1.58 bits per heavy atom. The number of hydrogen-bond acceptors (Lipinski definition) is 17. The van der Waals surface area contributed by atoms with Gasteiger partial charge in [-0.2, -0.15) is 4.98 Å². The van der Waals surface area contributed by atoms with Gasteiger partial charge in [0.1, 0.15) is 48.5 Å². The second kappa shape index (κ2) is 10.9. The van der Waals surface area contributed by atoms with E-state index in [0.717, 1.165) is 6.33 Å². The van der Waals surface area contributed by atoms with Crippen LogP contribution in [0.25, 0.3) is 22.2 Å². The summed E-state index contributed by atoms with van der Waals surface area (Å²) in [5.74, 6) is -0.206. The molecule has 9 N–H and O–H groups in total. The SMILES string of the molecule is Nc1nc2c(ccn2C2OC3COP(=O)(O)OC4C(COP(=O)(O)OC2C3O)OC(n2cnc3c(N)ncnc32)C4O)c(=O)[nH]1. The molecule has 4 aromatic rings. The first-order valence-electron chi connectivity index (χ1n) is 13.1. The lowest BCUT2D eigenvalue weighted by Crippen LogP contribution is -2.36. The number of aliphatic hydroxyl groups is 2. The zero-order valence-corrected chi connectivity index (χ0v) is 24.3. The first-order chi connectivity index (χ1) is 21.3. The number of phosphoric acid groups is 2. The summed E-state index contributed by atoms with van der Waals surface area (Å²) in [6.07, 6.45) is -8.76. The number of nitrogens with one attached hydrogen (secondary N) is 1. The number of fused-ring (bicyclic) bond motifs is 5. The van der Waals surface area contributed by atoms with Crippen LogP contribution in [0.4, 0.5) is 11.8 Å². The van der Waals surface area contributed by atoms with Crippen molar-refractivity contribution in [2.45, 2.75) is 49.1 Å². The van der Waals surface area contributed by atoms with Crippen molar-refractivity contribution in [3.8, 4) is 0 Å². The molecule has 3 fully saturated rings. The van der Waals surface area contributed by atoms with Gasteiger partial charge in [-0.1, -0.05) is 0 Å². The van der Waals surface area contributed by atoms with Gasteiger partial charge in [-0.3, -0.25) is 32.4 Å². The molecule has 10 unspecified atom stereocenters. The molecule has 45 heavy (non-hydrogen) atoms. The normalized spacial score (nSPS) is 37.7. The van der Waals surface area contributed by atoms with Crippen molar-refractivity contribution in [2.75, 3.05) is 24.7 Å². The second-order valence-electron chi connectivity index (χ2n) is 10.3. The first kappa shape index (κ1) is 30.3. The molecule has 242 valence electrons. The third-order valence-corrected chi connectivity index (χ3v) is 9.44. The topological polar surface area (TPSA) is 317 Å². The highest BCUT2D eigenvalue weighted by Gasteiger charge is 2.53. The maximum Gasteiger partial charge on any atom is 0.472 e. The zero-order valence-electron chi connectivity index (χ0n) is 22.5. The number of imidazole rings is 1. The maximum absolute atomic E-state index is 13.2. The molecule has 10 atom stereocenters. The fourth-order valence-electron chi connectivity index (χ4n) is 5.43. The highest BCUT2D eigenvalue weighted by Crippen LogP contribution is 2.53. The van der Waals surface area contributed by atoms with E-state index in [4.69, 9.17) is 39.0 Å². The fraction of sp³-hybridized carbons (Fsp3) is 0.476. The molecule has 0 spiro atoms. The molecule has 2 bridgehead atoms. The molecule has 3 aliphatic rings. The number of nitrogens with zero attached hydrogens (tertiary/aromatic N) is 6. The van der Waals surface area contributed by atoms with Gasteiger partial charge in [-0.05, 0) is 6.07 Å². The minimum absolute atomic E-state index is 0.0177. The van der Waals surface area contributed by atoms with E-state index >= 15 is 0 Å². The van der Waals surface area contributed by atoms with Crippen molar-refractivity contribution in [2.24, 2.45) is 0 Å². The first-order valence-corrected chi connectivity index (χ1v) is 16.1. The molecule has 0 saturated carbocycles. The lowest BCUT2D eigenvalue weighted by atomic mass is 10.1. The monoisotopic (exact) mass is 673 g/mol. The number of nitrogen functional groups attached to an aromatic ring is 2. The molecule has 0 radical (unpaired) electrons. The number of anilines is 2. The standard InChI is InChI=1S/C21H25N9O13P2/c22-15-10-17(25-5-24-15)30(6-26-10)19-12(32)13-9(41-19)4-39-45(36,37)43-14-11(31)8(3-38-44(34,35)42-13)40-20(14)29-2-1-7-16(29)27-21(23)28-18(7)33/h1-2,5-6,8-9,11-14,19-20,31-32H,3-4H2,(H,34,35)(H,36,37)(H2,22,24,25)(H3,23,27,28,33). The predicted molar refractivity (Wildman–Crippen MR) is 146 cm³/mol. The minimum Gasteiger partial charge on any atom is -0.387 e. The van der Waals surface area contributed by atoms with Gasteiger partial charge < -0.3 is 45.5 Å². The maximum atomic E-state index is 13.2. The van der Waals surface area contributed by atoms with Crippen molar-refractivity contribution in [3.05, 3.63) is 35.3 Å². The number of hydrogen-bond donors (Lipinski definition) is 7. The van der Waals surface area contributed by atoms with Gasteiger partial charge in [0.25, 0.3) is 5.56 Å². The van der Waals surface area contributed by atoms with Crippen molar-refractivity contribution in [3.63, 3.8) is 0 Å². The van der Waals surface area contributed by atoms with Crippen molar-refractivity contribution >= 4 is 49.6 Å². The van der Waals surface area contributed by atoms with Crippen molar-refractivity contribution in [1.29, 1.82) is 0 Å². The lowest BCUT2D eigenvalue weighted by Gasteiger charge is -2.26. The van der Waals surface area contributed by atoms with E-state index in [1.165, 1.54) is 27.7 Å². The second-order valence-corrected chi connectivity index (χ2v) is 13.1. The Kier molecular flexibility index (Phi) is 7.32. The van der Waals surface area contributed by atoms with Crippen LogP contribution >= 0.6 is 15.6 Å². The van der Waals surface area contributed by atoms with Crippen LogP contribution in [0.5, 0.6) is 0 Å². The summed E-state index contributed by atoms with van der Waals surface area (Å²) < 4.78 is 61.3. The van der Waals surface area contributed by atoms with Crippen LogP contribution in [0.1, 0.15) is 12.5 Å². The van der Waals surface area contributed by atoms with Crippen LogP contribution in [-0.4, -0.2) is 104 Å². The summed E-state index contributed by atoms with van der Waals surface area (Å²) in [5, 5.41) is 22.2. The third-order valence-electron chi connectivity index (χ3n) is 7.47. The van der Waals surface area contributed by atoms with Crippen LogP contribution in [0.15, 0.2) is 29.7 Å². The van der Waals surface area contributed by atoms with Crippen molar-refractivity contribution in [1.82, 2.24) is 34.1 Å². The van der Waals surface area contributed by atoms with Crippen LogP contribution in [0, 0.1) is 0 Å². The smallest absolute Gasteiger partial charge is 0.387 e. The third kappa shape index (κ3) is 5.33. The van der Waals surface area contributed by atoms with Gasteiger partial charge >= 0.3 is 15.6 Å². The Balaban J connectivity index is 1.21. The number of aromatic amines is 1. The minimum atomic E-state index is -5.09. The van der Waals surface area contributed by atoms with Gasteiger partial charge in [-0.25, -0.2) is 24.1 Å². The summed E-state index contributed by atoms with van der Waals surface area (Å²) in [7, 11) is -10.1. The molecule has 7 heterocycles. The van der Waals surface area contributed by atoms with E-state index in [1.807, 2.05) is 0 Å². The van der Waals surface area contributed by atoms with Crippen LogP contribution in [0.3, 0.4) is 0 Å². The van der Waals surface area contributed by atoms with Gasteiger partial charge in [0.15, 0.2) is 29.6 Å². The molecule has 24 heteroatoms. The highest BCUT2D eigenvalue weighted by atomic mass is 31.2. The Hall–Kier alpha value is -3.37. The summed E-state index contributed by atoms with van der Waals surface area (Å²) >= 11 is 0. The summed E-state index contributed by atoms with van der Waals surface area (Å²) in [6, 6.07) is 1.36. The summed E-state index contributed by atoms with van der Waals surface area (Å²) in [4.78, 5) is 52.1. The molecular formula is C21H25N9O13P2. The molecule has 22 nitrogen and oxygen atoms in total. The Labute approximate surface area is 249 Å². The van der Waals surface area contributed by atoms with Crippen LogP contribution in [0.2, 0.25) is 0 Å². The highest BCUT2D eigenvalue weighted by molar-refractivity contribution is 7.47. The summed E-state index contributed by atoms with van der Waals surface area (Å²) in [6.45, 7) is -1.62. The Morgan fingerprint density at radius 3 is 2.33 bits per heavy atom. The quantitative estimate of drug-likeness (QED) is 0.116. The molecule has 0 aliphatic carbocycles. The predicted octanol–water partition coefficient (Wildman–Crippen LogP) is -1.74. The molecular weight excluding hydrogens is 648 g/mol. The van der Waals surface area contributed by atoms with Crippen molar-refractivity contribution < 1.29 is 56.7 Å². The van der Waals surface area contributed by atoms with E-state index in [-0.39, 0.29) is 34.0 Å². The Bertz CT molecular complexity index is 1930. The van der Waals surface area contributed by atoms with Crippen LogP contribution < -0.4 is 17.0 Å². The number of H-pyrrole nitrogens is 1. The fourth-order valence-corrected chi connectivity index (χ4v) is 7.33. The lowest BCUT2D eigenvalue weighted by molar-refractivity contribution is -0.0670. The van der Waals surface area contributed by atoms with Crippen LogP contribution in [-0.2, 0) is 36.7 Å². The number of ether oxygens (including phenoxy) is 2. The average Bonchev–Trinajstić information content (AvgIpc) is 3.72.